The lowest BCUT2D eigenvalue weighted by molar-refractivity contribution is 0.0946. The van der Waals surface area contributed by atoms with Crippen LogP contribution in [0.1, 0.15) is 29.1 Å². The van der Waals surface area contributed by atoms with E-state index in [4.69, 9.17) is 4.42 Å². The average molecular weight is 257 g/mol. The van der Waals surface area contributed by atoms with Crippen LogP contribution >= 0.6 is 0 Å². The van der Waals surface area contributed by atoms with Crippen molar-refractivity contribution in [3.05, 3.63) is 48.2 Å². The molecule has 0 unspecified atom stereocenters. The van der Waals surface area contributed by atoms with Gasteiger partial charge in [-0.15, -0.1) is 0 Å². The van der Waals surface area contributed by atoms with E-state index >= 15 is 0 Å². The molecule has 3 rings (SSSR count). The van der Waals surface area contributed by atoms with Gasteiger partial charge in [0.2, 0.25) is 0 Å². The molecule has 0 aromatic carbocycles. The molecule has 1 saturated carbocycles. The predicted molar refractivity (Wildman–Crippen MR) is 70.8 cm³/mol. The maximum Gasteiger partial charge on any atom is 0.270 e. The highest BCUT2D eigenvalue weighted by Crippen LogP contribution is 2.19. The number of carbonyl (C=O) groups excluding carboxylic acids is 1. The van der Waals surface area contributed by atoms with Crippen molar-refractivity contribution in [3.63, 3.8) is 0 Å². The van der Waals surface area contributed by atoms with E-state index in [9.17, 15) is 4.79 Å². The van der Waals surface area contributed by atoms with Crippen LogP contribution in [0.5, 0.6) is 0 Å². The highest BCUT2D eigenvalue weighted by molar-refractivity contribution is 5.92. The highest BCUT2D eigenvalue weighted by Gasteiger charge is 2.24. The molecule has 1 aliphatic carbocycles. The molecule has 2 N–H and O–H groups in total. The van der Waals surface area contributed by atoms with Crippen LogP contribution in [-0.2, 0) is 6.54 Å². The van der Waals surface area contributed by atoms with Crippen molar-refractivity contribution in [1.29, 1.82) is 0 Å². The summed E-state index contributed by atoms with van der Waals surface area (Å²) in [4.78, 5) is 15.9. The third-order valence-electron chi connectivity index (χ3n) is 2.96. The van der Waals surface area contributed by atoms with Crippen LogP contribution in [-0.4, -0.2) is 16.9 Å². The molecule has 0 saturated heterocycles. The van der Waals surface area contributed by atoms with Crippen molar-refractivity contribution in [1.82, 2.24) is 10.3 Å². The smallest absolute Gasteiger partial charge is 0.270 e. The minimum absolute atomic E-state index is 0.0971. The van der Waals surface area contributed by atoms with Gasteiger partial charge in [-0.25, -0.2) is 4.98 Å². The Balaban J connectivity index is 1.57. The van der Waals surface area contributed by atoms with Gasteiger partial charge in [-0.2, -0.15) is 0 Å². The molecule has 2 aromatic rings. The molecule has 1 amide bonds. The third kappa shape index (κ3) is 3.13. The summed E-state index contributed by atoms with van der Waals surface area (Å²) < 4.78 is 5.22. The molecule has 98 valence electrons. The predicted octanol–water partition coefficient (Wildman–Crippen LogP) is 2.18. The summed E-state index contributed by atoms with van der Waals surface area (Å²) in [6.07, 6.45) is 5.45. The fourth-order valence-corrected chi connectivity index (χ4v) is 1.72. The molecule has 0 atom stereocenters. The molecule has 1 aliphatic rings. The number of pyridine rings is 1. The van der Waals surface area contributed by atoms with Gasteiger partial charge in [0, 0.05) is 6.04 Å². The van der Waals surface area contributed by atoms with Gasteiger partial charge >= 0.3 is 0 Å². The molecule has 5 heteroatoms. The second-order valence-corrected chi connectivity index (χ2v) is 4.61. The van der Waals surface area contributed by atoms with Crippen LogP contribution in [0.3, 0.4) is 0 Å². The zero-order valence-corrected chi connectivity index (χ0v) is 10.4. The first-order chi connectivity index (χ1) is 9.31. The summed E-state index contributed by atoms with van der Waals surface area (Å²) in [5.41, 5.74) is 1.31. The standard InChI is InChI=1S/C14H15N3O2/c18-14(17-10-3-4-10)13-6-5-11(8-16-13)15-9-12-2-1-7-19-12/h1-2,5-8,10,15H,3-4,9H2,(H,17,18). The lowest BCUT2D eigenvalue weighted by Crippen LogP contribution is -2.26. The number of nitrogens with zero attached hydrogens (tertiary/aromatic N) is 1. The zero-order chi connectivity index (χ0) is 13.1. The second kappa shape index (κ2) is 5.14. The molecular formula is C14H15N3O2. The minimum atomic E-state index is -0.0971. The Morgan fingerprint density at radius 1 is 1.37 bits per heavy atom. The van der Waals surface area contributed by atoms with Gasteiger partial charge in [0.15, 0.2) is 0 Å². The van der Waals surface area contributed by atoms with Crippen molar-refractivity contribution in [2.75, 3.05) is 5.32 Å². The Bertz CT molecular complexity index is 545. The van der Waals surface area contributed by atoms with Crippen molar-refractivity contribution < 1.29 is 9.21 Å². The number of aromatic nitrogens is 1. The van der Waals surface area contributed by atoms with E-state index in [1.165, 1.54) is 0 Å². The van der Waals surface area contributed by atoms with E-state index in [-0.39, 0.29) is 5.91 Å². The molecule has 1 fully saturated rings. The maximum absolute atomic E-state index is 11.7. The van der Waals surface area contributed by atoms with E-state index in [0.717, 1.165) is 24.3 Å². The fraction of sp³-hybridized carbons (Fsp3) is 0.286. The quantitative estimate of drug-likeness (QED) is 0.861. The summed E-state index contributed by atoms with van der Waals surface area (Å²) >= 11 is 0. The topological polar surface area (TPSA) is 67.2 Å². The number of carbonyl (C=O) groups is 1. The van der Waals surface area contributed by atoms with E-state index in [1.807, 2.05) is 18.2 Å². The van der Waals surface area contributed by atoms with Crippen LogP contribution in [0.25, 0.3) is 0 Å². The van der Waals surface area contributed by atoms with Gasteiger partial charge in [0.05, 0.1) is 24.7 Å². The first-order valence-corrected chi connectivity index (χ1v) is 6.34. The monoisotopic (exact) mass is 257 g/mol. The Hall–Kier alpha value is -2.30. The van der Waals surface area contributed by atoms with Crippen molar-refractivity contribution in [2.24, 2.45) is 0 Å². The lowest BCUT2D eigenvalue weighted by atomic mass is 10.3. The molecule has 0 radical (unpaired) electrons. The van der Waals surface area contributed by atoms with Gasteiger partial charge in [-0.05, 0) is 37.1 Å². The normalized spacial score (nSPS) is 14.1. The molecule has 0 bridgehead atoms. The Labute approximate surface area is 111 Å². The highest BCUT2D eigenvalue weighted by atomic mass is 16.3. The van der Waals surface area contributed by atoms with Gasteiger partial charge < -0.3 is 15.1 Å². The molecule has 19 heavy (non-hydrogen) atoms. The van der Waals surface area contributed by atoms with Crippen LogP contribution in [0.2, 0.25) is 0 Å². The lowest BCUT2D eigenvalue weighted by Gasteiger charge is -2.06. The first kappa shape index (κ1) is 11.8. The summed E-state index contributed by atoms with van der Waals surface area (Å²) in [7, 11) is 0. The number of rotatable bonds is 5. The molecule has 0 aliphatic heterocycles. The molecule has 5 nitrogen and oxygen atoms in total. The molecule has 0 spiro atoms. The van der Waals surface area contributed by atoms with E-state index in [1.54, 1.807) is 18.5 Å². The Morgan fingerprint density at radius 2 is 2.26 bits per heavy atom. The minimum Gasteiger partial charge on any atom is -0.467 e. The van der Waals surface area contributed by atoms with Crippen molar-refractivity contribution in [3.8, 4) is 0 Å². The van der Waals surface area contributed by atoms with Crippen LogP contribution < -0.4 is 10.6 Å². The SMILES string of the molecule is O=C(NC1CC1)c1ccc(NCc2ccco2)cn1. The van der Waals surface area contributed by atoms with E-state index in [2.05, 4.69) is 15.6 Å². The van der Waals surface area contributed by atoms with Crippen molar-refractivity contribution >= 4 is 11.6 Å². The number of hydrogen-bond acceptors (Lipinski definition) is 4. The summed E-state index contributed by atoms with van der Waals surface area (Å²) in [5, 5.41) is 6.09. The zero-order valence-electron chi connectivity index (χ0n) is 10.4. The Morgan fingerprint density at radius 3 is 2.89 bits per heavy atom. The van der Waals surface area contributed by atoms with E-state index < -0.39 is 0 Å². The number of nitrogens with one attached hydrogen (secondary N) is 2. The van der Waals surface area contributed by atoms with Gasteiger partial charge in [-0.1, -0.05) is 0 Å². The fourth-order valence-electron chi connectivity index (χ4n) is 1.72. The van der Waals surface area contributed by atoms with Crippen molar-refractivity contribution in [2.45, 2.75) is 25.4 Å². The van der Waals surface area contributed by atoms with Gasteiger partial charge in [-0.3, -0.25) is 4.79 Å². The van der Waals surface area contributed by atoms with Gasteiger partial charge in [0.1, 0.15) is 11.5 Å². The number of amides is 1. The maximum atomic E-state index is 11.7. The van der Waals surface area contributed by atoms with Crippen LogP contribution in [0.4, 0.5) is 5.69 Å². The van der Waals surface area contributed by atoms with Crippen LogP contribution in [0.15, 0.2) is 41.1 Å². The first-order valence-electron chi connectivity index (χ1n) is 6.34. The second-order valence-electron chi connectivity index (χ2n) is 4.61. The molecule has 2 heterocycles. The molecular weight excluding hydrogens is 242 g/mol. The van der Waals surface area contributed by atoms with Gasteiger partial charge in [0.25, 0.3) is 5.91 Å². The Kier molecular flexibility index (Phi) is 3.18. The summed E-state index contributed by atoms with van der Waals surface area (Å²) in [6.45, 7) is 0.600. The summed E-state index contributed by atoms with van der Waals surface area (Å²) in [6, 6.07) is 7.67. The summed E-state index contributed by atoms with van der Waals surface area (Å²) in [5.74, 6) is 0.760. The van der Waals surface area contributed by atoms with E-state index in [0.29, 0.717) is 18.3 Å². The largest absolute Gasteiger partial charge is 0.467 e. The van der Waals surface area contributed by atoms with Crippen LogP contribution in [0, 0.1) is 0 Å². The number of anilines is 1. The number of furan rings is 1. The number of hydrogen-bond donors (Lipinski definition) is 2. The third-order valence-corrected chi connectivity index (χ3v) is 2.96. The molecule has 2 aromatic heterocycles. The average Bonchev–Trinajstić information content (AvgIpc) is 3.09.